The summed E-state index contributed by atoms with van der Waals surface area (Å²) in [6.07, 6.45) is 0.955. The molecule has 2 aromatic rings. The van der Waals surface area contributed by atoms with Gasteiger partial charge in [-0.05, 0) is 47.2 Å². The van der Waals surface area contributed by atoms with Crippen LogP contribution in [0.2, 0.25) is 0 Å². The van der Waals surface area contributed by atoms with E-state index in [1.165, 1.54) is 0 Å². The average Bonchev–Trinajstić information content (AvgIpc) is 2.69. The van der Waals surface area contributed by atoms with Crippen molar-refractivity contribution in [1.82, 2.24) is 9.78 Å². The minimum atomic E-state index is 0.559. The van der Waals surface area contributed by atoms with E-state index in [-0.39, 0.29) is 0 Å². The van der Waals surface area contributed by atoms with Gasteiger partial charge < -0.3 is 4.74 Å². The molecule has 2 rings (SSSR count). The van der Waals surface area contributed by atoms with Crippen molar-refractivity contribution in [3.05, 3.63) is 45.3 Å². The Labute approximate surface area is 115 Å². The van der Waals surface area contributed by atoms with E-state index >= 15 is 0 Å². The molecule has 0 aliphatic rings. The lowest BCUT2D eigenvalue weighted by atomic mass is 10.3. The maximum Gasteiger partial charge on any atom is 0.133 e. The minimum Gasteiger partial charge on any atom is -0.486 e. The molecule has 1 aromatic carbocycles. The predicted octanol–water partition coefficient (Wildman–Crippen LogP) is 3.17. The Hall–Kier alpha value is -1.04. The smallest absolute Gasteiger partial charge is 0.133 e. The zero-order valence-electron chi connectivity index (χ0n) is 9.98. The molecular weight excluding hydrogens is 327 g/mol. The lowest BCUT2D eigenvalue weighted by Gasteiger charge is -2.07. The number of halogens is 1. The summed E-state index contributed by atoms with van der Waals surface area (Å²) in [5.41, 5.74) is 2.20. The van der Waals surface area contributed by atoms with Crippen molar-refractivity contribution in [2.45, 2.75) is 20.0 Å². The summed E-state index contributed by atoms with van der Waals surface area (Å²) >= 11 is 2.28. The van der Waals surface area contributed by atoms with Crippen molar-refractivity contribution in [1.29, 1.82) is 0 Å². The largest absolute Gasteiger partial charge is 0.486 e. The minimum absolute atomic E-state index is 0.559. The summed E-state index contributed by atoms with van der Waals surface area (Å²) in [7, 11) is 1.95. The van der Waals surface area contributed by atoms with Crippen LogP contribution >= 0.6 is 22.6 Å². The van der Waals surface area contributed by atoms with E-state index in [0.717, 1.165) is 27.1 Å². The Morgan fingerprint density at radius 2 is 2.12 bits per heavy atom. The van der Waals surface area contributed by atoms with Gasteiger partial charge in [-0.15, -0.1) is 0 Å². The van der Waals surface area contributed by atoms with Crippen LogP contribution in [0.1, 0.15) is 18.3 Å². The number of aromatic nitrogens is 2. The van der Waals surface area contributed by atoms with E-state index in [9.17, 15) is 0 Å². The predicted molar refractivity (Wildman–Crippen MR) is 76.1 cm³/mol. The summed E-state index contributed by atoms with van der Waals surface area (Å²) in [5, 5.41) is 4.40. The highest BCUT2D eigenvalue weighted by Crippen LogP contribution is 2.20. The molecule has 0 saturated carbocycles. The fourth-order valence-electron chi connectivity index (χ4n) is 1.59. The SMILES string of the molecule is CCc1cc(COc2ccccc2I)n(C)n1. The lowest BCUT2D eigenvalue weighted by molar-refractivity contribution is 0.293. The number of ether oxygens (including phenoxy) is 1. The first-order chi connectivity index (χ1) is 8.20. The highest BCUT2D eigenvalue weighted by atomic mass is 127. The fourth-order valence-corrected chi connectivity index (χ4v) is 2.14. The Bertz CT molecular complexity index is 508. The molecule has 17 heavy (non-hydrogen) atoms. The van der Waals surface area contributed by atoms with Crippen LogP contribution in [0.5, 0.6) is 5.75 Å². The third kappa shape index (κ3) is 3.00. The maximum atomic E-state index is 5.79. The van der Waals surface area contributed by atoms with Gasteiger partial charge in [-0.1, -0.05) is 19.1 Å². The number of aryl methyl sites for hydroxylation is 2. The summed E-state index contributed by atoms with van der Waals surface area (Å²) < 4.78 is 8.80. The first-order valence-corrected chi connectivity index (χ1v) is 6.67. The lowest BCUT2D eigenvalue weighted by Crippen LogP contribution is -2.03. The summed E-state index contributed by atoms with van der Waals surface area (Å²) in [6.45, 7) is 2.66. The van der Waals surface area contributed by atoms with Crippen LogP contribution in [0.15, 0.2) is 30.3 Å². The van der Waals surface area contributed by atoms with Gasteiger partial charge in [-0.2, -0.15) is 5.10 Å². The van der Waals surface area contributed by atoms with Crippen LogP contribution in [0.3, 0.4) is 0 Å². The molecule has 0 atom stereocenters. The van der Waals surface area contributed by atoms with Crippen LogP contribution in [0.4, 0.5) is 0 Å². The molecule has 0 N–H and O–H groups in total. The molecule has 90 valence electrons. The van der Waals surface area contributed by atoms with Crippen LogP contribution < -0.4 is 4.74 Å². The van der Waals surface area contributed by atoms with Crippen molar-refractivity contribution >= 4 is 22.6 Å². The van der Waals surface area contributed by atoms with Crippen molar-refractivity contribution in [3.8, 4) is 5.75 Å². The third-order valence-corrected chi connectivity index (χ3v) is 3.49. The second-order valence-electron chi connectivity index (χ2n) is 3.82. The third-order valence-electron chi connectivity index (χ3n) is 2.60. The van der Waals surface area contributed by atoms with E-state index in [2.05, 4.69) is 40.7 Å². The standard InChI is InChI=1S/C13H15IN2O/c1-3-10-8-11(16(2)15-10)9-17-13-7-5-4-6-12(13)14/h4-8H,3,9H2,1-2H3. The Balaban J connectivity index is 2.07. The van der Waals surface area contributed by atoms with Gasteiger partial charge in [-0.3, -0.25) is 4.68 Å². The van der Waals surface area contributed by atoms with Gasteiger partial charge in [0.2, 0.25) is 0 Å². The summed E-state index contributed by atoms with van der Waals surface area (Å²) in [5.74, 6) is 0.923. The number of nitrogens with zero attached hydrogens (tertiary/aromatic N) is 2. The molecule has 0 amide bonds. The van der Waals surface area contributed by atoms with Gasteiger partial charge in [0.1, 0.15) is 12.4 Å². The Kier molecular flexibility index (Phi) is 4.04. The molecule has 3 nitrogen and oxygen atoms in total. The van der Waals surface area contributed by atoms with E-state index in [1.807, 2.05) is 36.0 Å². The van der Waals surface area contributed by atoms with E-state index in [1.54, 1.807) is 0 Å². The fraction of sp³-hybridized carbons (Fsp3) is 0.308. The van der Waals surface area contributed by atoms with Crippen molar-refractivity contribution in [3.63, 3.8) is 0 Å². The van der Waals surface area contributed by atoms with Gasteiger partial charge in [0.25, 0.3) is 0 Å². The topological polar surface area (TPSA) is 27.1 Å². The van der Waals surface area contributed by atoms with Crippen molar-refractivity contribution in [2.24, 2.45) is 7.05 Å². The molecule has 0 fully saturated rings. The van der Waals surface area contributed by atoms with E-state index in [0.29, 0.717) is 6.61 Å². The van der Waals surface area contributed by atoms with Gasteiger partial charge >= 0.3 is 0 Å². The van der Waals surface area contributed by atoms with Gasteiger partial charge in [0, 0.05) is 7.05 Å². The highest BCUT2D eigenvalue weighted by Gasteiger charge is 2.05. The average molecular weight is 342 g/mol. The Morgan fingerprint density at radius 3 is 2.76 bits per heavy atom. The molecule has 0 aliphatic heterocycles. The normalized spacial score (nSPS) is 10.5. The number of hydrogen-bond acceptors (Lipinski definition) is 2. The van der Waals surface area contributed by atoms with Crippen molar-refractivity contribution < 1.29 is 4.74 Å². The molecule has 4 heteroatoms. The molecular formula is C13H15IN2O. The van der Waals surface area contributed by atoms with E-state index < -0.39 is 0 Å². The molecule has 1 heterocycles. The van der Waals surface area contributed by atoms with Gasteiger partial charge in [0.05, 0.1) is 15.0 Å². The molecule has 0 spiro atoms. The molecule has 0 aliphatic carbocycles. The molecule has 0 saturated heterocycles. The van der Waals surface area contributed by atoms with Crippen LogP contribution in [-0.4, -0.2) is 9.78 Å². The first kappa shape index (κ1) is 12.4. The first-order valence-electron chi connectivity index (χ1n) is 5.60. The zero-order valence-corrected chi connectivity index (χ0v) is 12.1. The Morgan fingerprint density at radius 1 is 1.35 bits per heavy atom. The second kappa shape index (κ2) is 5.53. The van der Waals surface area contributed by atoms with E-state index in [4.69, 9.17) is 4.74 Å². The quantitative estimate of drug-likeness (QED) is 0.798. The number of para-hydroxylation sites is 1. The number of hydrogen-bond donors (Lipinski definition) is 0. The summed E-state index contributed by atoms with van der Waals surface area (Å²) in [4.78, 5) is 0. The van der Waals surface area contributed by atoms with Crippen LogP contribution in [0.25, 0.3) is 0 Å². The monoisotopic (exact) mass is 342 g/mol. The molecule has 0 bridgehead atoms. The summed E-state index contributed by atoms with van der Waals surface area (Å²) in [6, 6.07) is 10.1. The molecule has 1 aromatic heterocycles. The van der Waals surface area contributed by atoms with Gasteiger partial charge in [0.15, 0.2) is 0 Å². The molecule has 0 radical (unpaired) electrons. The van der Waals surface area contributed by atoms with Crippen LogP contribution in [0, 0.1) is 3.57 Å². The number of benzene rings is 1. The second-order valence-corrected chi connectivity index (χ2v) is 4.99. The molecule has 0 unspecified atom stereocenters. The van der Waals surface area contributed by atoms with Crippen LogP contribution in [-0.2, 0) is 20.1 Å². The highest BCUT2D eigenvalue weighted by molar-refractivity contribution is 14.1. The number of rotatable bonds is 4. The van der Waals surface area contributed by atoms with Crippen molar-refractivity contribution in [2.75, 3.05) is 0 Å². The zero-order chi connectivity index (χ0) is 12.3. The van der Waals surface area contributed by atoms with Gasteiger partial charge in [-0.25, -0.2) is 0 Å². The maximum absolute atomic E-state index is 5.79.